The molecule has 0 amide bonds. The number of hydrogen-bond acceptors (Lipinski definition) is 6. The molecular weight excluding hydrogens is 374 g/mol. The van der Waals surface area contributed by atoms with Crippen molar-refractivity contribution in [1.29, 1.82) is 0 Å². The second-order valence-electron chi connectivity index (χ2n) is 7.93. The molecule has 0 unspecified atom stereocenters. The van der Waals surface area contributed by atoms with Gasteiger partial charge in [0.2, 0.25) is 0 Å². The maximum atomic E-state index is 11.6. The van der Waals surface area contributed by atoms with Crippen molar-refractivity contribution in [2.45, 2.75) is 58.6 Å². The van der Waals surface area contributed by atoms with Crippen molar-refractivity contribution in [1.82, 2.24) is 9.97 Å². The molecule has 28 heavy (non-hydrogen) atoms. The van der Waals surface area contributed by atoms with Crippen LogP contribution in [-0.2, 0) is 0 Å². The lowest BCUT2D eigenvalue weighted by atomic mass is 9.93. The number of anilines is 1. The van der Waals surface area contributed by atoms with E-state index >= 15 is 0 Å². The molecule has 0 aliphatic heterocycles. The third kappa shape index (κ3) is 5.70. The number of nitrogens with one attached hydrogen (secondary N) is 1. The quantitative estimate of drug-likeness (QED) is 0.723. The third-order valence-electron chi connectivity index (χ3n) is 4.34. The lowest BCUT2D eigenvalue weighted by Crippen LogP contribution is -2.31. The van der Waals surface area contributed by atoms with Gasteiger partial charge in [0.15, 0.2) is 0 Å². The molecule has 0 saturated heterocycles. The van der Waals surface area contributed by atoms with Gasteiger partial charge in [-0.2, -0.15) is 0 Å². The number of carboxylic acid groups (broad SMARTS) is 1. The van der Waals surface area contributed by atoms with Gasteiger partial charge in [-0.15, -0.1) is 11.3 Å². The highest BCUT2D eigenvalue weighted by atomic mass is 32.1. The highest BCUT2D eigenvalue weighted by molar-refractivity contribution is 7.15. The van der Waals surface area contributed by atoms with E-state index in [0.29, 0.717) is 16.6 Å². The molecule has 2 aromatic heterocycles. The molecule has 7 heteroatoms. The minimum absolute atomic E-state index is 0.0927. The first-order valence-corrected chi connectivity index (χ1v) is 10.2. The molecular formula is C21H25N3O3S. The van der Waals surface area contributed by atoms with Gasteiger partial charge in [0, 0.05) is 23.9 Å². The van der Waals surface area contributed by atoms with E-state index in [9.17, 15) is 9.90 Å². The van der Waals surface area contributed by atoms with Gasteiger partial charge in [-0.1, -0.05) is 11.8 Å². The Balaban J connectivity index is 1.61. The topological polar surface area (TPSA) is 84.3 Å². The van der Waals surface area contributed by atoms with E-state index in [1.54, 1.807) is 18.5 Å². The molecule has 1 saturated carbocycles. The summed E-state index contributed by atoms with van der Waals surface area (Å²) >= 11 is 1.22. The van der Waals surface area contributed by atoms with E-state index in [2.05, 4.69) is 27.1 Å². The Morgan fingerprint density at radius 1 is 1.25 bits per heavy atom. The summed E-state index contributed by atoms with van der Waals surface area (Å²) in [5.74, 6) is 5.34. The van der Waals surface area contributed by atoms with Gasteiger partial charge in [-0.3, -0.25) is 0 Å². The van der Waals surface area contributed by atoms with Crippen molar-refractivity contribution < 1.29 is 14.6 Å². The van der Waals surface area contributed by atoms with Gasteiger partial charge in [0.05, 0.1) is 10.6 Å². The Morgan fingerprint density at radius 2 is 1.93 bits per heavy atom. The van der Waals surface area contributed by atoms with Crippen molar-refractivity contribution in [3.63, 3.8) is 0 Å². The smallest absolute Gasteiger partial charge is 0.348 e. The second kappa shape index (κ2) is 8.61. The maximum Gasteiger partial charge on any atom is 0.348 e. The molecule has 0 bridgehead atoms. The van der Waals surface area contributed by atoms with Gasteiger partial charge >= 0.3 is 12.0 Å². The SMILES string of the molecule is CC(C)(C)C#Cc1cc(NC2CCC(Oc3ncccn3)CC2)c(C(=O)O)s1. The van der Waals surface area contributed by atoms with Crippen molar-refractivity contribution in [2.75, 3.05) is 5.32 Å². The normalized spacial score (nSPS) is 19.4. The summed E-state index contributed by atoms with van der Waals surface area (Å²) in [6.07, 6.45) is 6.97. The standard InChI is InChI=1S/C21H25N3O3S/c1-21(2,3)10-9-16-13-17(18(28-16)19(25)26)24-14-5-7-15(8-6-14)27-20-22-11-4-12-23-20/h4,11-15,24H,5-8H2,1-3H3,(H,25,26). The van der Waals surface area contributed by atoms with Crippen LogP contribution >= 0.6 is 11.3 Å². The highest BCUT2D eigenvalue weighted by Crippen LogP contribution is 2.31. The van der Waals surface area contributed by atoms with E-state index in [4.69, 9.17) is 4.74 Å². The predicted octanol–water partition coefficient (Wildman–Crippen LogP) is 4.44. The van der Waals surface area contributed by atoms with Crippen molar-refractivity contribution >= 4 is 23.0 Å². The first kappa shape index (κ1) is 20.2. The molecule has 1 aliphatic rings. The first-order chi connectivity index (χ1) is 13.3. The van der Waals surface area contributed by atoms with E-state index < -0.39 is 5.97 Å². The Bertz CT molecular complexity index is 870. The van der Waals surface area contributed by atoms with Crippen LogP contribution in [0.25, 0.3) is 0 Å². The molecule has 2 N–H and O–H groups in total. The van der Waals surface area contributed by atoms with Crippen LogP contribution in [0.15, 0.2) is 24.5 Å². The number of thiophene rings is 1. The fraction of sp³-hybridized carbons (Fsp3) is 0.476. The molecule has 1 fully saturated rings. The summed E-state index contributed by atoms with van der Waals surface area (Å²) in [5, 5.41) is 12.9. The fourth-order valence-electron chi connectivity index (χ4n) is 3.01. The lowest BCUT2D eigenvalue weighted by Gasteiger charge is -2.29. The van der Waals surface area contributed by atoms with Crippen LogP contribution in [0.4, 0.5) is 5.69 Å². The lowest BCUT2D eigenvalue weighted by molar-refractivity contribution is 0.0703. The van der Waals surface area contributed by atoms with Crippen molar-refractivity contribution in [3.8, 4) is 17.9 Å². The molecule has 3 rings (SSSR count). The molecule has 0 spiro atoms. The highest BCUT2D eigenvalue weighted by Gasteiger charge is 2.25. The summed E-state index contributed by atoms with van der Waals surface area (Å²) in [7, 11) is 0. The van der Waals surface area contributed by atoms with Crippen LogP contribution in [0.2, 0.25) is 0 Å². The maximum absolute atomic E-state index is 11.6. The first-order valence-electron chi connectivity index (χ1n) is 9.41. The number of rotatable bonds is 5. The molecule has 1 aliphatic carbocycles. The van der Waals surface area contributed by atoms with Gasteiger partial charge in [-0.05, 0) is 58.6 Å². The Labute approximate surface area is 169 Å². The number of aromatic nitrogens is 2. The average molecular weight is 400 g/mol. The summed E-state index contributed by atoms with van der Waals surface area (Å²) in [6.45, 7) is 6.10. The van der Waals surface area contributed by atoms with Gasteiger partial charge in [-0.25, -0.2) is 14.8 Å². The number of hydrogen-bond donors (Lipinski definition) is 2. The molecule has 148 valence electrons. The zero-order valence-electron chi connectivity index (χ0n) is 16.4. The summed E-state index contributed by atoms with van der Waals surface area (Å²) in [4.78, 5) is 20.9. The molecule has 2 aromatic rings. The number of carbonyl (C=O) groups is 1. The third-order valence-corrected chi connectivity index (χ3v) is 5.37. The molecule has 0 radical (unpaired) electrons. The van der Waals surface area contributed by atoms with Crippen molar-refractivity contribution in [2.24, 2.45) is 5.41 Å². The second-order valence-corrected chi connectivity index (χ2v) is 8.98. The Hall–Kier alpha value is -2.59. The van der Waals surface area contributed by atoms with E-state index in [0.717, 1.165) is 30.6 Å². The zero-order chi connectivity index (χ0) is 20.1. The minimum atomic E-state index is -0.922. The number of carboxylic acids is 1. The van der Waals surface area contributed by atoms with Crippen LogP contribution < -0.4 is 10.1 Å². The zero-order valence-corrected chi connectivity index (χ0v) is 17.2. The molecule has 2 heterocycles. The molecule has 6 nitrogen and oxygen atoms in total. The van der Waals surface area contributed by atoms with Crippen molar-refractivity contribution in [3.05, 3.63) is 34.3 Å². The van der Waals surface area contributed by atoms with E-state index in [-0.39, 0.29) is 17.6 Å². The largest absolute Gasteiger partial charge is 0.477 e. The Morgan fingerprint density at radius 3 is 2.54 bits per heavy atom. The summed E-state index contributed by atoms with van der Waals surface area (Å²) < 4.78 is 5.82. The van der Waals surface area contributed by atoms with E-state index in [1.807, 2.05) is 26.8 Å². The van der Waals surface area contributed by atoms with Crippen LogP contribution in [0.3, 0.4) is 0 Å². The molecule has 0 aromatic carbocycles. The van der Waals surface area contributed by atoms with Crippen LogP contribution in [0, 0.1) is 17.3 Å². The monoisotopic (exact) mass is 399 g/mol. The van der Waals surface area contributed by atoms with Crippen LogP contribution in [0.1, 0.15) is 61.0 Å². The van der Waals surface area contributed by atoms with Gasteiger partial charge < -0.3 is 15.2 Å². The summed E-state index contributed by atoms with van der Waals surface area (Å²) in [6, 6.07) is 4.24. The summed E-state index contributed by atoms with van der Waals surface area (Å²) in [5.41, 5.74) is 0.536. The van der Waals surface area contributed by atoms with Gasteiger partial charge in [0.25, 0.3) is 0 Å². The minimum Gasteiger partial charge on any atom is -0.477 e. The average Bonchev–Trinajstić information content (AvgIpc) is 3.05. The Kier molecular flexibility index (Phi) is 6.20. The van der Waals surface area contributed by atoms with Crippen LogP contribution in [0.5, 0.6) is 6.01 Å². The van der Waals surface area contributed by atoms with Crippen LogP contribution in [-0.4, -0.2) is 33.2 Å². The predicted molar refractivity (Wildman–Crippen MR) is 110 cm³/mol. The fourth-order valence-corrected chi connectivity index (χ4v) is 3.82. The van der Waals surface area contributed by atoms with Gasteiger partial charge in [0.1, 0.15) is 11.0 Å². The molecule has 0 atom stereocenters. The van der Waals surface area contributed by atoms with E-state index in [1.165, 1.54) is 11.3 Å². The number of aromatic carboxylic acids is 1. The number of ether oxygens (including phenoxy) is 1. The number of nitrogens with zero attached hydrogens (tertiary/aromatic N) is 2.